The molecular formula is C14H20BrNO2S. The van der Waals surface area contributed by atoms with Crippen LogP contribution < -0.4 is 10.1 Å². The Morgan fingerprint density at radius 1 is 1.47 bits per heavy atom. The summed E-state index contributed by atoms with van der Waals surface area (Å²) < 4.78 is 6.13. The van der Waals surface area contributed by atoms with Crippen molar-refractivity contribution in [3.05, 3.63) is 16.6 Å². The largest absolute Gasteiger partial charge is 0.496 e. The second kappa shape index (κ2) is 7.20. The van der Waals surface area contributed by atoms with Crippen LogP contribution in [0.15, 0.2) is 21.5 Å². The molecule has 19 heavy (non-hydrogen) atoms. The lowest BCUT2D eigenvalue weighted by molar-refractivity contribution is -0.105. The van der Waals surface area contributed by atoms with Crippen molar-refractivity contribution in [2.75, 3.05) is 18.2 Å². The Morgan fingerprint density at radius 3 is 2.68 bits per heavy atom. The topological polar surface area (TPSA) is 38.3 Å². The van der Waals surface area contributed by atoms with Crippen LogP contribution in [0, 0.1) is 5.41 Å². The molecule has 0 saturated carbocycles. The van der Waals surface area contributed by atoms with Gasteiger partial charge in [0.1, 0.15) is 5.75 Å². The molecule has 1 rings (SSSR count). The number of nitrogens with one attached hydrogen (secondary N) is 1. The minimum Gasteiger partial charge on any atom is -0.496 e. The molecule has 1 aromatic carbocycles. The van der Waals surface area contributed by atoms with Gasteiger partial charge in [-0.15, -0.1) is 11.8 Å². The summed E-state index contributed by atoms with van der Waals surface area (Å²) in [6.45, 7) is 6.67. The van der Waals surface area contributed by atoms with Crippen LogP contribution in [0.4, 0.5) is 5.69 Å². The number of rotatable bonds is 7. The minimum absolute atomic E-state index is 0.267. The fourth-order valence-electron chi connectivity index (χ4n) is 1.36. The molecule has 1 N–H and O–H groups in total. The average Bonchev–Trinajstić information content (AvgIpc) is 2.38. The zero-order valence-corrected chi connectivity index (χ0v) is 14.2. The molecule has 0 saturated heterocycles. The fourth-order valence-corrected chi connectivity index (χ4v) is 3.08. The summed E-state index contributed by atoms with van der Waals surface area (Å²) in [5, 5.41) is 2.74. The molecule has 5 heteroatoms. The summed E-state index contributed by atoms with van der Waals surface area (Å²) in [6.07, 6.45) is 1.81. The molecule has 0 fully saturated rings. The van der Waals surface area contributed by atoms with Crippen LogP contribution in [0.25, 0.3) is 0 Å². The van der Waals surface area contributed by atoms with E-state index in [0.29, 0.717) is 6.41 Å². The molecule has 1 amide bonds. The first-order valence-electron chi connectivity index (χ1n) is 6.14. The predicted octanol–water partition coefficient (Wildman–Crippen LogP) is 4.55. The molecular weight excluding hydrogens is 326 g/mol. The van der Waals surface area contributed by atoms with Gasteiger partial charge in [-0.3, -0.25) is 4.79 Å². The van der Waals surface area contributed by atoms with Gasteiger partial charge in [0, 0.05) is 10.6 Å². The van der Waals surface area contributed by atoms with Gasteiger partial charge < -0.3 is 10.1 Å². The number of halogens is 1. The van der Waals surface area contributed by atoms with E-state index >= 15 is 0 Å². The first-order chi connectivity index (χ1) is 8.93. The number of carbonyl (C=O) groups is 1. The van der Waals surface area contributed by atoms with E-state index in [4.69, 9.17) is 4.74 Å². The zero-order chi connectivity index (χ0) is 14.5. The van der Waals surface area contributed by atoms with Crippen molar-refractivity contribution in [3.8, 4) is 5.75 Å². The fraction of sp³-hybridized carbons (Fsp3) is 0.500. The summed E-state index contributed by atoms with van der Waals surface area (Å²) in [5.74, 6) is 1.76. The quantitative estimate of drug-likeness (QED) is 0.581. The minimum atomic E-state index is 0.267. The second-order valence-corrected chi connectivity index (χ2v) is 6.92. The smallest absolute Gasteiger partial charge is 0.211 e. The highest BCUT2D eigenvalue weighted by Crippen LogP contribution is 2.39. The summed E-state index contributed by atoms with van der Waals surface area (Å²) in [7, 11) is 1.64. The van der Waals surface area contributed by atoms with Crippen LogP contribution in [0.1, 0.15) is 27.2 Å². The van der Waals surface area contributed by atoms with E-state index in [-0.39, 0.29) is 5.41 Å². The van der Waals surface area contributed by atoms with Gasteiger partial charge in [0.25, 0.3) is 0 Å². The lowest BCUT2D eigenvalue weighted by atomic mass is 9.93. The van der Waals surface area contributed by atoms with Gasteiger partial charge in [-0.2, -0.15) is 0 Å². The van der Waals surface area contributed by atoms with E-state index in [0.717, 1.165) is 33.0 Å². The molecule has 0 aliphatic carbocycles. The molecule has 0 unspecified atom stereocenters. The van der Waals surface area contributed by atoms with Crippen LogP contribution in [0.2, 0.25) is 0 Å². The standard InChI is InChI=1S/C14H20BrNO2S/c1-5-14(2,3)8-19-13-7-12(18-4)10(15)6-11(13)16-9-17/h6-7,9H,5,8H2,1-4H3,(H,16,17). The van der Waals surface area contributed by atoms with E-state index in [1.807, 2.05) is 12.1 Å². The number of anilines is 1. The van der Waals surface area contributed by atoms with Crippen molar-refractivity contribution in [2.24, 2.45) is 5.41 Å². The van der Waals surface area contributed by atoms with Crippen LogP contribution in [0.3, 0.4) is 0 Å². The second-order valence-electron chi connectivity index (χ2n) is 5.05. The third-order valence-corrected chi connectivity index (χ3v) is 5.24. The van der Waals surface area contributed by atoms with E-state index < -0.39 is 0 Å². The Labute approximate surface area is 127 Å². The van der Waals surface area contributed by atoms with E-state index in [1.54, 1.807) is 18.9 Å². The van der Waals surface area contributed by atoms with Crippen molar-refractivity contribution in [1.29, 1.82) is 0 Å². The van der Waals surface area contributed by atoms with Gasteiger partial charge in [-0.25, -0.2) is 0 Å². The Balaban J connectivity index is 2.99. The zero-order valence-electron chi connectivity index (χ0n) is 11.7. The Morgan fingerprint density at radius 2 is 2.16 bits per heavy atom. The number of hydrogen-bond donors (Lipinski definition) is 1. The molecule has 1 aromatic rings. The third-order valence-electron chi connectivity index (χ3n) is 3.04. The van der Waals surface area contributed by atoms with E-state index in [2.05, 4.69) is 42.0 Å². The highest BCUT2D eigenvalue weighted by Gasteiger charge is 2.17. The Bertz CT molecular complexity index is 449. The third kappa shape index (κ3) is 4.73. The van der Waals surface area contributed by atoms with Crippen molar-refractivity contribution >= 4 is 39.8 Å². The number of thioether (sulfide) groups is 1. The highest BCUT2D eigenvalue weighted by atomic mass is 79.9. The van der Waals surface area contributed by atoms with Crippen molar-refractivity contribution in [3.63, 3.8) is 0 Å². The summed E-state index contributed by atoms with van der Waals surface area (Å²) in [6, 6.07) is 3.82. The number of benzene rings is 1. The van der Waals surface area contributed by atoms with E-state index in [1.165, 1.54) is 0 Å². The number of carbonyl (C=O) groups excluding carboxylic acids is 1. The summed E-state index contributed by atoms with van der Waals surface area (Å²) in [4.78, 5) is 11.7. The SMILES string of the molecule is CCC(C)(C)CSc1cc(OC)c(Br)cc1NC=O. The number of hydrogen-bond acceptors (Lipinski definition) is 3. The first kappa shape index (κ1) is 16.4. The molecule has 0 aliphatic rings. The molecule has 0 atom stereocenters. The van der Waals surface area contributed by atoms with Crippen LogP contribution in [-0.4, -0.2) is 19.3 Å². The van der Waals surface area contributed by atoms with Gasteiger partial charge >= 0.3 is 0 Å². The normalized spacial score (nSPS) is 11.2. The van der Waals surface area contributed by atoms with Gasteiger partial charge in [-0.05, 0) is 33.5 Å². The maximum Gasteiger partial charge on any atom is 0.211 e. The first-order valence-corrected chi connectivity index (χ1v) is 7.92. The molecule has 0 heterocycles. The number of methoxy groups -OCH3 is 1. The maximum absolute atomic E-state index is 10.7. The average molecular weight is 346 g/mol. The predicted molar refractivity (Wildman–Crippen MR) is 85.2 cm³/mol. The molecule has 0 bridgehead atoms. The maximum atomic E-state index is 10.7. The molecule has 0 aromatic heterocycles. The lowest BCUT2D eigenvalue weighted by Gasteiger charge is -2.22. The van der Waals surface area contributed by atoms with Crippen LogP contribution >= 0.6 is 27.7 Å². The Hall–Kier alpha value is -0.680. The van der Waals surface area contributed by atoms with Crippen LogP contribution in [0.5, 0.6) is 5.75 Å². The van der Waals surface area contributed by atoms with Gasteiger partial charge in [0.2, 0.25) is 6.41 Å². The number of ether oxygens (including phenoxy) is 1. The number of amides is 1. The Kier molecular flexibility index (Phi) is 6.20. The van der Waals surface area contributed by atoms with Gasteiger partial charge in [0.15, 0.2) is 0 Å². The van der Waals surface area contributed by atoms with Crippen LogP contribution in [-0.2, 0) is 4.79 Å². The van der Waals surface area contributed by atoms with E-state index in [9.17, 15) is 4.79 Å². The molecule has 0 aliphatic heterocycles. The van der Waals surface area contributed by atoms with Gasteiger partial charge in [-0.1, -0.05) is 27.2 Å². The highest BCUT2D eigenvalue weighted by molar-refractivity contribution is 9.10. The summed E-state index contributed by atoms with van der Waals surface area (Å²) >= 11 is 5.16. The lowest BCUT2D eigenvalue weighted by Crippen LogP contribution is -2.12. The van der Waals surface area contributed by atoms with Crippen molar-refractivity contribution < 1.29 is 9.53 Å². The van der Waals surface area contributed by atoms with Crippen molar-refractivity contribution in [1.82, 2.24) is 0 Å². The molecule has 0 radical (unpaired) electrons. The molecule has 106 valence electrons. The monoisotopic (exact) mass is 345 g/mol. The van der Waals surface area contributed by atoms with Gasteiger partial charge in [0.05, 0.1) is 17.3 Å². The summed E-state index contributed by atoms with van der Waals surface area (Å²) in [5.41, 5.74) is 1.07. The molecule has 3 nitrogen and oxygen atoms in total. The molecule has 0 spiro atoms. The van der Waals surface area contributed by atoms with Crippen molar-refractivity contribution in [2.45, 2.75) is 32.1 Å².